The van der Waals surface area contributed by atoms with Crippen LogP contribution in [-0.4, -0.2) is 10.9 Å². The monoisotopic (exact) mass is 280 g/mol. The highest BCUT2D eigenvalue weighted by molar-refractivity contribution is 6.09. The molecule has 21 heavy (non-hydrogen) atoms. The highest BCUT2D eigenvalue weighted by Crippen LogP contribution is 2.38. The Morgan fingerprint density at radius 1 is 1.05 bits per heavy atom. The third-order valence-corrected chi connectivity index (χ3v) is 4.02. The minimum Gasteiger partial charge on any atom is -0.377 e. The van der Waals surface area contributed by atoms with Crippen LogP contribution in [-0.2, 0) is 5.60 Å². The van der Waals surface area contributed by atoms with Gasteiger partial charge in [-0.2, -0.15) is 0 Å². The first kappa shape index (κ1) is 13.8. The van der Waals surface area contributed by atoms with E-state index in [0.29, 0.717) is 5.84 Å². The molecule has 2 aromatic rings. The van der Waals surface area contributed by atoms with Crippen LogP contribution in [0, 0.1) is 20.8 Å². The van der Waals surface area contributed by atoms with Crippen molar-refractivity contribution in [3.05, 3.63) is 58.7 Å². The maximum atomic E-state index is 10.8. The third-order valence-electron chi connectivity index (χ3n) is 4.02. The molecule has 0 fully saturated rings. The van der Waals surface area contributed by atoms with Crippen LogP contribution in [0.5, 0.6) is 0 Å². The van der Waals surface area contributed by atoms with Crippen molar-refractivity contribution in [1.82, 2.24) is 0 Å². The molecular formula is C18H20N2O. The lowest BCUT2D eigenvalue weighted by Gasteiger charge is -2.18. The quantitative estimate of drug-likeness (QED) is 0.830. The Morgan fingerprint density at radius 2 is 1.67 bits per heavy atom. The van der Waals surface area contributed by atoms with Gasteiger partial charge in [0.2, 0.25) is 0 Å². The van der Waals surface area contributed by atoms with Gasteiger partial charge in [0, 0.05) is 11.3 Å². The molecule has 1 heterocycles. The predicted molar refractivity (Wildman–Crippen MR) is 87.4 cm³/mol. The van der Waals surface area contributed by atoms with Gasteiger partial charge in [0.05, 0.1) is 5.69 Å². The van der Waals surface area contributed by atoms with Crippen LogP contribution in [0.25, 0.3) is 0 Å². The molecule has 0 amide bonds. The summed E-state index contributed by atoms with van der Waals surface area (Å²) >= 11 is 0. The van der Waals surface area contributed by atoms with Gasteiger partial charge >= 0.3 is 0 Å². The fourth-order valence-electron chi connectivity index (χ4n) is 2.99. The van der Waals surface area contributed by atoms with Crippen LogP contribution in [0.3, 0.4) is 0 Å². The van der Waals surface area contributed by atoms with E-state index in [1.807, 2.05) is 24.3 Å². The van der Waals surface area contributed by atoms with Gasteiger partial charge < -0.3 is 10.4 Å². The second kappa shape index (κ2) is 4.71. The smallest absolute Gasteiger partial charge is 0.146 e. The number of aliphatic imine (C=N–C) groups is 1. The number of para-hydroxylation sites is 1. The molecule has 0 saturated heterocycles. The Hall–Kier alpha value is -2.13. The number of benzene rings is 2. The van der Waals surface area contributed by atoms with Crippen LogP contribution in [0.4, 0.5) is 11.4 Å². The minimum absolute atomic E-state index is 0.582. The molecule has 3 rings (SSSR count). The summed E-state index contributed by atoms with van der Waals surface area (Å²) in [6, 6.07) is 12.0. The van der Waals surface area contributed by atoms with E-state index >= 15 is 0 Å². The van der Waals surface area contributed by atoms with Gasteiger partial charge in [-0.05, 0) is 44.9 Å². The van der Waals surface area contributed by atoms with E-state index in [9.17, 15) is 5.11 Å². The number of rotatable bonds is 1. The maximum Gasteiger partial charge on any atom is 0.146 e. The fourth-order valence-corrected chi connectivity index (χ4v) is 2.99. The number of aliphatic hydroxyl groups is 1. The van der Waals surface area contributed by atoms with Crippen molar-refractivity contribution in [2.75, 3.05) is 5.32 Å². The largest absolute Gasteiger partial charge is 0.377 e. The number of fused-ring (bicyclic) bond motifs is 1. The zero-order chi connectivity index (χ0) is 15.2. The molecule has 1 aliphatic heterocycles. The molecule has 0 saturated carbocycles. The summed E-state index contributed by atoms with van der Waals surface area (Å²) in [7, 11) is 0. The number of hydrogen-bond donors (Lipinski definition) is 2. The van der Waals surface area contributed by atoms with E-state index in [-0.39, 0.29) is 0 Å². The topological polar surface area (TPSA) is 44.6 Å². The summed E-state index contributed by atoms with van der Waals surface area (Å²) in [6.45, 7) is 7.96. The van der Waals surface area contributed by atoms with Crippen molar-refractivity contribution >= 4 is 17.2 Å². The Labute approximate surface area is 125 Å². The van der Waals surface area contributed by atoms with Gasteiger partial charge in [0.1, 0.15) is 11.4 Å². The van der Waals surface area contributed by atoms with Crippen molar-refractivity contribution < 1.29 is 5.11 Å². The normalized spacial score (nSPS) is 22.2. The Bertz CT molecular complexity index is 722. The van der Waals surface area contributed by atoms with Crippen LogP contribution in [0.1, 0.15) is 29.2 Å². The van der Waals surface area contributed by atoms with E-state index < -0.39 is 5.60 Å². The van der Waals surface area contributed by atoms with E-state index in [0.717, 1.165) is 28.1 Å². The summed E-state index contributed by atoms with van der Waals surface area (Å²) in [5, 5.41) is 14.1. The molecule has 3 nitrogen and oxygen atoms in total. The van der Waals surface area contributed by atoms with E-state index in [1.165, 1.54) is 5.56 Å². The summed E-state index contributed by atoms with van der Waals surface area (Å²) < 4.78 is 0. The molecule has 1 aliphatic rings. The first-order valence-electron chi connectivity index (χ1n) is 7.15. The summed E-state index contributed by atoms with van der Waals surface area (Å²) in [5.41, 5.74) is 5.09. The lowest BCUT2D eigenvalue weighted by Crippen LogP contribution is -2.30. The van der Waals surface area contributed by atoms with Crippen LogP contribution >= 0.6 is 0 Å². The van der Waals surface area contributed by atoms with Crippen molar-refractivity contribution in [2.24, 2.45) is 4.99 Å². The molecule has 2 N–H and O–H groups in total. The van der Waals surface area contributed by atoms with Crippen molar-refractivity contribution in [1.29, 1.82) is 0 Å². The van der Waals surface area contributed by atoms with E-state index in [4.69, 9.17) is 4.99 Å². The molecule has 0 bridgehead atoms. The lowest BCUT2D eigenvalue weighted by molar-refractivity contribution is 0.137. The van der Waals surface area contributed by atoms with Crippen LogP contribution in [0.15, 0.2) is 41.4 Å². The average molecular weight is 280 g/mol. The zero-order valence-corrected chi connectivity index (χ0v) is 12.9. The highest BCUT2D eigenvalue weighted by atomic mass is 16.3. The average Bonchev–Trinajstić information content (AvgIpc) is 2.66. The van der Waals surface area contributed by atoms with Gasteiger partial charge in [-0.25, -0.2) is 4.99 Å². The van der Waals surface area contributed by atoms with Gasteiger partial charge in [-0.3, -0.25) is 0 Å². The van der Waals surface area contributed by atoms with Gasteiger partial charge in [0.25, 0.3) is 0 Å². The second-order valence-corrected chi connectivity index (χ2v) is 5.95. The molecule has 0 aliphatic carbocycles. The Morgan fingerprint density at radius 3 is 2.29 bits per heavy atom. The molecule has 1 unspecified atom stereocenters. The van der Waals surface area contributed by atoms with Crippen molar-refractivity contribution in [2.45, 2.75) is 33.3 Å². The molecule has 1 atom stereocenters. The van der Waals surface area contributed by atoms with Crippen LogP contribution in [0.2, 0.25) is 0 Å². The number of anilines is 1. The minimum atomic E-state index is -1.08. The number of amidine groups is 1. The van der Waals surface area contributed by atoms with E-state index in [2.05, 4.69) is 38.2 Å². The van der Waals surface area contributed by atoms with E-state index in [1.54, 1.807) is 6.92 Å². The van der Waals surface area contributed by atoms with Gasteiger partial charge in [-0.15, -0.1) is 0 Å². The summed E-state index contributed by atoms with van der Waals surface area (Å²) in [4.78, 5) is 4.72. The highest BCUT2D eigenvalue weighted by Gasteiger charge is 2.38. The summed E-state index contributed by atoms with van der Waals surface area (Å²) in [6.07, 6.45) is 0. The lowest BCUT2D eigenvalue weighted by atomic mass is 9.97. The standard InChI is InChI=1S/C18H20N2O/c1-11-9-12(2)16(13(3)10-11)20-17-18(4,21)14-7-5-6-8-15(14)19-17/h5-10,21H,1-4H3,(H,19,20). The molecular weight excluding hydrogens is 260 g/mol. The summed E-state index contributed by atoms with van der Waals surface area (Å²) in [5.74, 6) is 0.582. The van der Waals surface area contributed by atoms with Crippen LogP contribution < -0.4 is 5.32 Å². The molecule has 108 valence electrons. The third kappa shape index (κ3) is 2.24. The fraction of sp³-hybridized carbons (Fsp3) is 0.278. The second-order valence-electron chi connectivity index (χ2n) is 5.95. The number of nitrogens with zero attached hydrogens (tertiary/aromatic N) is 1. The number of nitrogens with one attached hydrogen (secondary N) is 1. The number of hydrogen-bond acceptors (Lipinski definition) is 2. The SMILES string of the molecule is Cc1cc(C)c(N=C2Nc3ccccc3C2(C)O)c(C)c1. The zero-order valence-electron chi connectivity index (χ0n) is 12.9. The first-order chi connectivity index (χ1) is 9.89. The maximum absolute atomic E-state index is 10.8. The molecule has 0 spiro atoms. The van der Waals surface area contributed by atoms with Crippen molar-refractivity contribution in [3.8, 4) is 0 Å². The Balaban J connectivity index is 2.11. The molecule has 3 heteroatoms. The predicted octanol–water partition coefficient (Wildman–Crippen LogP) is 3.98. The number of aryl methyl sites for hydroxylation is 3. The molecule has 2 aromatic carbocycles. The molecule has 0 radical (unpaired) electrons. The molecule has 0 aromatic heterocycles. The van der Waals surface area contributed by atoms with Gasteiger partial charge in [-0.1, -0.05) is 35.9 Å². The van der Waals surface area contributed by atoms with Gasteiger partial charge in [0.15, 0.2) is 0 Å². The van der Waals surface area contributed by atoms with Crippen molar-refractivity contribution in [3.63, 3.8) is 0 Å². The Kier molecular flexibility index (Phi) is 3.10. The first-order valence-corrected chi connectivity index (χ1v) is 7.15.